The molecule has 20 aliphatic rings. The van der Waals surface area contributed by atoms with E-state index in [1.54, 1.807) is 20.8 Å². The third-order valence-electron chi connectivity index (χ3n) is 44.4. The lowest BCUT2D eigenvalue weighted by molar-refractivity contribution is -0.209. The van der Waals surface area contributed by atoms with Crippen LogP contribution in [0.1, 0.15) is 340 Å². The second-order valence-corrected chi connectivity index (χ2v) is 52.1. The molecule has 0 aromatic carbocycles. The van der Waals surface area contributed by atoms with Crippen LogP contribution in [-0.2, 0) is 4.79 Å². The first kappa shape index (κ1) is 97.2. The van der Waals surface area contributed by atoms with Gasteiger partial charge >= 0.3 is 0 Å². The zero-order valence-electron chi connectivity index (χ0n) is 79.9. The minimum Gasteiger partial charge on any atom is -0.392 e. The second kappa shape index (κ2) is 34.7. The van der Waals surface area contributed by atoms with Crippen molar-refractivity contribution in [1.82, 2.24) is 0 Å². The standard InChI is InChI=1S/C22H33BrF2O.C22H34F2O2.C22H34F2O.C22H35FO2.C22H34O2/c1-13(12-23)17-4-5-18-16-10-22(24,25)19-11-20(2,26)8-6-15(19)14(16)7-9-21(17,18)3;1-13(12-25)17-4-5-18-16-10-22(23,24)19-11-20(2,26)8-6-15(19)14(16)7-9-21(17,18)3;1-13(2)17-5-6-18-16-11-22(23,24)19-12-20(3,25)9-7-15(19)14(16)8-10-21(17,18)4;1-13(12-24)18-4-5-19-16-10-20(23)17-11-21(2,25)8-6-15(17)14(16)7-9-22(18,19)3;1-13(2)18-5-6-19-16-11-20(23)17-12-21(3,24)9-7-15(17)14(16)8-10-22(18,19)4/h14-19,26H,1,4-12H2,2-3H3;14-19,25-26H,1,4-12H2,2-3H3;14-19,25H,1,5-12H2,2-4H3;14-20,24-25H,1,4-12H2,2-3H3;14-19,24H,1,5-12H2,2-4H3/t3*14-,15-,16-,17-,18+,19+,20-,21-;14-,15-,16-,17+,18-,19+,20-,21-,22-;14-,15-,16-,17+,18-,19+,21-,22-/m11111/s1. The van der Waals surface area contributed by atoms with E-state index in [0.29, 0.717) is 150 Å². The van der Waals surface area contributed by atoms with Crippen LogP contribution in [0.2, 0.25) is 0 Å². The van der Waals surface area contributed by atoms with Crippen LogP contribution in [0, 0.1) is 205 Å². The number of hydrogen-bond acceptors (Lipinski definition) is 8. The molecule has 20 aliphatic carbocycles. The first-order valence-electron chi connectivity index (χ1n) is 51.8. The minimum atomic E-state index is -2.67. The lowest BCUT2D eigenvalue weighted by Gasteiger charge is -2.58. The fraction of sp³-hybridized carbons (Fsp3) is 0.900. The Balaban J connectivity index is 0.000000116. The Morgan fingerprint density at radius 1 is 0.310 bits per heavy atom. The Labute approximate surface area is 764 Å². The molecule has 7 N–H and O–H groups in total. The maximum Gasteiger partial charge on any atom is 0.251 e. The molecule has 0 radical (unpaired) electrons. The number of carbonyl (C=O) groups is 1. The summed E-state index contributed by atoms with van der Waals surface area (Å²) in [6, 6.07) is 0. The Morgan fingerprint density at radius 3 is 0.913 bits per heavy atom. The van der Waals surface area contributed by atoms with Gasteiger partial charge in [-0.15, -0.1) is 0 Å². The Kier molecular flexibility index (Phi) is 26.7. The van der Waals surface area contributed by atoms with Gasteiger partial charge in [-0.1, -0.05) is 100 Å². The number of halogens is 8. The summed E-state index contributed by atoms with van der Waals surface area (Å²) < 4.78 is 106. The Hall–Kier alpha value is -1.92. The van der Waals surface area contributed by atoms with E-state index >= 15 is 30.7 Å². The van der Waals surface area contributed by atoms with Gasteiger partial charge in [0.25, 0.3) is 17.8 Å². The van der Waals surface area contributed by atoms with Crippen molar-refractivity contribution in [1.29, 1.82) is 0 Å². The molecule has 20 rings (SSSR count). The smallest absolute Gasteiger partial charge is 0.251 e. The van der Waals surface area contributed by atoms with Gasteiger partial charge in [-0.25, -0.2) is 30.7 Å². The van der Waals surface area contributed by atoms with Crippen molar-refractivity contribution < 1.29 is 71.3 Å². The molecule has 126 heavy (non-hydrogen) atoms. The van der Waals surface area contributed by atoms with Crippen molar-refractivity contribution in [3.05, 3.63) is 60.8 Å². The molecule has 0 saturated heterocycles. The SMILES string of the molecule is C=C(C)[C@H]1CC[C@H]2[C@@H]3CC(=O)[C@H]4C[C@](C)(O)CC[C@@H]4[C@H]3CC[C@]12C.C=C(C)[C@H]1CC[C@H]2[C@@H]3CC(F)(F)[C@H]4C[C@](C)(O)CC[C@@H]4[C@H]3CC[C@]12C.C=C(CBr)[C@H]1CC[C@H]2[C@@H]3CC(F)(F)[C@H]4C[C@](C)(O)CC[C@@H]4[C@H]3CC[C@]12C.C=C(CO)[C@H]1CC[C@H]2[C@@H]3CC(F)(F)[C@H]4C[C@](C)(O)CC[C@@H]4[C@H]3CC[C@]12C.C=C(CO)[C@H]1CC[C@H]2[C@@H]3C[C@@H](F)[C@H]4C[C@](C)(O)CC[C@@H]4[C@H]3CC[C@]12C. The minimum absolute atomic E-state index is 0.00646. The highest BCUT2D eigenvalue weighted by Crippen LogP contribution is 2.74. The maximum absolute atomic E-state index is 15.2. The van der Waals surface area contributed by atoms with Gasteiger partial charge in [-0.05, 0) is 472 Å². The van der Waals surface area contributed by atoms with Crippen LogP contribution < -0.4 is 0 Å². The van der Waals surface area contributed by atoms with Gasteiger partial charge in [0.05, 0.1) is 41.2 Å². The van der Waals surface area contributed by atoms with Crippen molar-refractivity contribution in [2.75, 3.05) is 18.5 Å². The van der Waals surface area contributed by atoms with E-state index in [0.717, 1.165) is 151 Å². The number of aliphatic hydroxyl groups is 7. The lowest BCUT2D eigenvalue weighted by Crippen LogP contribution is -2.57. The Morgan fingerprint density at radius 2 is 0.571 bits per heavy atom. The zero-order chi connectivity index (χ0) is 91.3. The summed E-state index contributed by atoms with van der Waals surface area (Å²) in [6.45, 7) is 46.3. The summed E-state index contributed by atoms with van der Waals surface area (Å²) in [7, 11) is 0. The van der Waals surface area contributed by atoms with Gasteiger partial charge in [0.2, 0.25) is 0 Å². The van der Waals surface area contributed by atoms with Gasteiger partial charge in [-0.2, -0.15) is 0 Å². The van der Waals surface area contributed by atoms with Crippen LogP contribution in [0.3, 0.4) is 0 Å². The second-order valence-electron chi connectivity index (χ2n) is 51.6. The molecule has 0 aliphatic heterocycles. The van der Waals surface area contributed by atoms with Crippen LogP contribution in [0.25, 0.3) is 0 Å². The van der Waals surface area contributed by atoms with Gasteiger partial charge in [-0.3, -0.25) is 4.79 Å². The van der Waals surface area contributed by atoms with E-state index in [9.17, 15) is 40.5 Å². The summed E-state index contributed by atoms with van der Waals surface area (Å²) in [4.78, 5) is 13.0. The number of rotatable bonds is 8. The molecule has 41 atom stereocenters. The third kappa shape index (κ3) is 17.1. The Bertz CT molecular complexity index is 3910. The van der Waals surface area contributed by atoms with Crippen LogP contribution in [0.5, 0.6) is 0 Å². The molecular weight excluding hydrogens is 1660 g/mol. The fourth-order valence-corrected chi connectivity index (χ4v) is 39.1. The number of hydrogen-bond donors (Lipinski definition) is 7. The predicted octanol–water partition coefficient (Wildman–Crippen LogP) is 26.1. The summed E-state index contributed by atoms with van der Waals surface area (Å²) in [5, 5.41) is 72.1. The summed E-state index contributed by atoms with van der Waals surface area (Å²) >= 11 is 3.57. The van der Waals surface area contributed by atoms with Crippen LogP contribution in [-0.4, -0.2) is 112 Å². The largest absolute Gasteiger partial charge is 0.392 e. The van der Waals surface area contributed by atoms with Crippen molar-refractivity contribution in [2.24, 2.45) is 205 Å². The average molecular weight is 1830 g/mol. The number of fused-ring (bicyclic) bond motifs is 25. The molecule has 20 saturated carbocycles. The van der Waals surface area contributed by atoms with Crippen molar-refractivity contribution in [3.8, 4) is 0 Å². The maximum atomic E-state index is 15.2. The first-order valence-corrected chi connectivity index (χ1v) is 52.9. The molecule has 0 spiro atoms. The molecule has 0 amide bonds. The zero-order valence-corrected chi connectivity index (χ0v) is 81.5. The van der Waals surface area contributed by atoms with E-state index in [4.69, 9.17) is 0 Å². The molecule has 0 heterocycles. The first-order chi connectivity index (χ1) is 58.7. The summed E-state index contributed by atoms with van der Waals surface area (Å²) in [5.74, 6) is 1.12. The molecule has 0 unspecified atom stereocenters. The van der Waals surface area contributed by atoms with Crippen molar-refractivity contribution in [3.63, 3.8) is 0 Å². The number of ketones is 1. The van der Waals surface area contributed by atoms with E-state index in [-0.39, 0.29) is 127 Å². The number of Topliss-reactive ketones (excluding diaryl/α,β-unsaturated/α-hetero) is 1. The van der Waals surface area contributed by atoms with Gasteiger partial charge in [0.15, 0.2) is 0 Å². The summed E-state index contributed by atoms with van der Waals surface area (Å²) in [5.41, 5.74) is 2.62. The fourth-order valence-electron chi connectivity index (χ4n) is 38.7. The van der Waals surface area contributed by atoms with E-state index in [1.807, 2.05) is 13.8 Å². The average Bonchev–Trinajstić information content (AvgIpc) is 1.36. The highest BCUT2D eigenvalue weighted by Gasteiger charge is 2.70. The van der Waals surface area contributed by atoms with Crippen LogP contribution in [0.15, 0.2) is 60.8 Å². The normalized spacial score (nSPS) is 53.7. The third-order valence-corrected chi connectivity index (χ3v) is 45.2. The highest BCUT2D eigenvalue weighted by molar-refractivity contribution is 9.09. The van der Waals surface area contributed by atoms with Crippen molar-refractivity contribution in [2.45, 2.75) is 392 Å². The number of carbonyl (C=O) groups excluding carboxylic acids is 1. The van der Waals surface area contributed by atoms with Crippen LogP contribution >= 0.6 is 15.9 Å². The molecule has 8 nitrogen and oxygen atoms in total. The molecule has 20 fully saturated rings. The molecule has 0 aromatic heterocycles. The van der Waals surface area contributed by atoms with E-state index < -0.39 is 69.7 Å². The van der Waals surface area contributed by atoms with Gasteiger partial charge in [0.1, 0.15) is 12.0 Å². The molecule has 0 aromatic rings. The van der Waals surface area contributed by atoms with E-state index in [1.165, 1.54) is 68.1 Å². The number of alkyl halides is 8. The molecule has 714 valence electrons. The number of allylic oxidation sites excluding steroid dienone is 3. The number of aliphatic hydroxyl groups excluding tert-OH is 2. The highest BCUT2D eigenvalue weighted by atomic mass is 79.9. The topological polar surface area (TPSA) is 159 Å². The summed E-state index contributed by atoms with van der Waals surface area (Å²) in [6.07, 6.45) is 33.9. The van der Waals surface area contributed by atoms with E-state index in [2.05, 4.69) is 97.3 Å². The van der Waals surface area contributed by atoms with Gasteiger partial charge < -0.3 is 35.7 Å². The van der Waals surface area contributed by atoms with Crippen LogP contribution in [0.4, 0.5) is 30.7 Å². The molecule has 0 bridgehead atoms. The predicted molar refractivity (Wildman–Crippen MR) is 493 cm³/mol. The lowest BCUT2D eigenvalue weighted by atomic mass is 9.48. The van der Waals surface area contributed by atoms with Crippen molar-refractivity contribution >= 4 is 21.7 Å². The molecule has 16 heteroatoms. The quantitative estimate of drug-likeness (QED) is 0.0719. The van der Waals surface area contributed by atoms with Gasteiger partial charge in [0, 0.05) is 54.7 Å². The molecular formula is C110H170BrF7O8. The monoisotopic (exact) mass is 1830 g/mol.